The van der Waals surface area contributed by atoms with E-state index in [1.54, 1.807) is 19.1 Å². The number of cyclic esters (lactones) is 1. The van der Waals surface area contributed by atoms with Crippen LogP contribution in [0.25, 0.3) is 0 Å². The summed E-state index contributed by atoms with van der Waals surface area (Å²) in [5.41, 5.74) is -0.283. The van der Waals surface area contributed by atoms with Crippen molar-refractivity contribution in [2.45, 2.75) is 25.3 Å². The van der Waals surface area contributed by atoms with Crippen LogP contribution in [0.5, 0.6) is 5.75 Å². The second-order valence-corrected chi connectivity index (χ2v) is 4.83. The molecule has 0 radical (unpaired) electrons. The van der Waals surface area contributed by atoms with Gasteiger partial charge in [-0.1, -0.05) is 18.7 Å². The molecule has 0 saturated carbocycles. The van der Waals surface area contributed by atoms with Crippen molar-refractivity contribution in [2.24, 2.45) is 0 Å². The fraction of sp³-hybridized carbons (Fsp3) is 0.286. The van der Waals surface area contributed by atoms with E-state index >= 15 is 0 Å². The van der Waals surface area contributed by atoms with Crippen molar-refractivity contribution in [3.05, 3.63) is 42.2 Å². The first kappa shape index (κ1) is 13.1. The first-order chi connectivity index (χ1) is 8.89. The summed E-state index contributed by atoms with van der Waals surface area (Å²) in [5.74, 6) is -0.263. The maximum absolute atomic E-state index is 11.9. The Morgan fingerprint density at radius 2 is 2.11 bits per heavy atom. The molecule has 1 heterocycles. The van der Waals surface area contributed by atoms with E-state index in [0.29, 0.717) is 5.76 Å². The van der Waals surface area contributed by atoms with E-state index < -0.39 is 11.5 Å². The molecule has 2 N–H and O–H groups in total. The normalized spacial score (nSPS) is 22.2. The zero-order chi connectivity index (χ0) is 14.0. The monoisotopic (exact) mass is 261 g/mol. The van der Waals surface area contributed by atoms with Gasteiger partial charge in [0.15, 0.2) is 0 Å². The molecule has 1 unspecified atom stereocenters. The highest BCUT2D eigenvalue weighted by molar-refractivity contribution is 5.90. The van der Waals surface area contributed by atoms with Crippen molar-refractivity contribution >= 4 is 11.9 Å². The number of phenolic OH excluding ortho intramolecular Hbond substituents is 1. The van der Waals surface area contributed by atoms with E-state index in [1.807, 2.05) is 0 Å². The molecule has 1 aromatic rings. The molecule has 1 atom stereocenters. The lowest BCUT2D eigenvalue weighted by Crippen LogP contribution is -2.49. The van der Waals surface area contributed by atoms with Gasteiger partial charge in [0.1, 0.15) is 17.0 Å². The molecule has 19 heavy (non-hydrogen) atoms. The van der Waals surface area contributed by atoms with E-state index in [1.165, 1.54) is 12.1 Å². The molecule has 1 fully saturated rings. The smallest absolute Gasteiger partial charge is 0.337 e. The Hall–Kier alpha value is -2.30. The number of esters is 1. The number of aromatic hydroxyl groups is 1. The molecule has 1 saturated heterocycles. The first-order valence-electron chi connectivity index (χ1n) is 5.88. The Kier molecular flexibility index (Phi) is 3.29. The summed E-state index contributed by atoms with van der Waals surface area (Å²) in [6, 6.07) is 6.33. The zero-order valence-electron chi connectivity index (χ0n) is 10.6. The van der Waals surface area contributed by atoms with Gasteiger partial charge in [-0.25, -0.2) is 4.79 Å². The number of carbonyl (C=O) groups excluding carboxylic acids is 2. The number of ether oxygens (including phenoxy) is 1. The van der Waals surface area contributed by atoms with E-state index in [2.05, 4.69) is 11.9 Å². The van der Waals surface area contributed by atoms with Crippen molar-refractivity contribution in [3.63, 3.8) is 0 Å². The molecule has 5 heteroatoms. The van der Waals surface area contributed by atoms with Crippen molar-refractivity contribution in [1.29, 1.82) is 0 Å². The number of carbonyl (C=O) groups is 2. The van der Waals surface area contributed by atoms with E-state index in [4.69, 9.17) is 9.84 Å². The van der Waals surface area contributed by atoms with E-state index in [0.717, 1.165) is 5.56 Å². The van der Waals surface area contributed by atoms with Gasteiger partial charge in [0.25, 0.3) is 0 Å². The minimum atomic E-state index is -1.04. The van der Waals surface area contributed by atoms with Crippen LogP contribution in [0.1, 0.15) is 18.9 Å². The Bertz CT molecular complexity index is 535. The molecule has 0 bridgehead atoms. The van der Waals surface area contributed by atoms with E-state index in [-0.39, 0.29) is 24.5 Å². The van der Waals surface area contributed by atoms with Gasteiger partial charge in [0.05, 0.1) is 6.42 Å². The van der Waals surface area contributed by atoms with Gasteiger partial charge in [-0.2, -0.15) is 0 Å². The van der Waals surface area contributed by atoms with Gasteiger partial charge in [-0.3, -0.25) is 4.79 Å². The largest absolute Gasteiger partial charge is 0.508 e. The summed E-state index contributed by atoms with van der Waals surface area (Å²) in [7, 11) is 0. The number of amides is 1. The zero-order valence-corrected chi connectivity index (χ0v) is 10.6. The predicted molar refractivity (Wildman–Crippen MR) is 68.2 cm³/mol. The Labute approximate surface area is 110 Å². The van der Waals surface area contributed by atoms with Crippen LogP contribution in [0.2, 0.25) is 0 Å². The van der Waals surface area contributed by atoms with E-state index in [9.17, 15) is 9.59 Å². The minimum Gasteiger partial charge on any atom is -0.508 e. The molecule has 1 aromatic carbocycles. The van der Waals surface area contributed by atoms with Crippen LogP contribution in [0.15, 0.2) is 36.6 Å². The van der Waals surface area contributed by atoms with Gasteiger partial charge < -0.3 is 15.2 Å². The van der Waals surface area contributed by atoms with Crippen molar-refractivity contribution in [3.8, 4) is 5.75 Å². The predicted octanol–water partition coefficient (Wildman–Crippen LogP) is 1.27. The molecule has 1 aliphatic rings. The second kappa shape index (κ2) is 4.76. The number of hydrogen-bond donors (Lipinski definition) is 2. The van der Waals surface area contributed by atoms with Gasteiger partial charge in [-0.05, 0) is 24.6 Å². The first-order valence-corrected chi connectivity index (χ1v) is 5.88. The fourth-order valence-electron chi connectivity index (χ4n) is 1.99. The molecule has 5 nitrogen and oxygen atoms in total. The Morgan fingerprint density at radius 3 is 2.63 bits per heavy atom. The molecule has 0 spiro atoms. The van der Waals surface area contributed by atoms with Crippen LogP contribution >= 0.6 is 0 Å². The highest BCUT2D eigenvalue weighted by Gasteiger charge is 2.43. The summed E-state index contributed by atoms with van der Waals surface area (Å²) < 4.78 is 4.86. The fourth-order valence-corrected chi connectivity index (χ4v) is 1.99. The molecule has 0 aliphatic carbocycles. The van der Waals surface area contributed by atoms with Crippen molar-refractivity contribution in [2.75, 3.05) is 0 Å². The topological polar surface area (TPSA) is 75.6 Å². The minimum absolute atomic E-state index is 0.135. The number of rotatable bonds is 3. The van der Waals surface area contributed by atoms with Crippen molar-refractivity contribution in [1.82, 2.24) is 5.32 Å². The second-order valence-electron chi connectivity index (χ2n) is 4.83. The van der Waals surface area contributed by atoms with Gasteiger partial charge in [0, 0.05) is 6.42 Å². The van der Waals surface area contributed by atoms with Crippen molar-refractivity contribution < 1.29 is 19.4 Å². The number of nitrogens with one attached hydrogen (secondary N) is 1. The maximum Gasteiger partial charge on any atom is 0.337 e. The number of benzene rings is 1. The van der Waals surface area contributed by atoms with Gasteiger partial charge in [-0.15, -0.1) is 0 Å². The molecule has 1 aliphatic heterocycles. The Morgan fingerprint density at radius 1 is 1.47 bits per heavy atom. The van der Waals surface area contributed by atoms with Crippen LogP contribution < -0.4 is 5.32 Å². The third-order valence-electron chi connectivity index (χ3n) is 2.95. The molecule has 100 valence electrons. The van der Waals surface area contributed by atoms with Crippen LogP contribution in [0.4, 0.5) is 0 Å². The average molecular weight is 261 g/mol. The summed E-state index contributed by atoms with van der Waals surface area (Å²) >= 11 is 0. The summed E-state index contributed by atoms with van der Waals surface area (Å²) in [4.78, 5) is 23.5. The van der Waals surface area contributed by atoms with Crippen LogP contribution in [-0.4, -0.2) is 22.5 Å². The third kappa shape index (κ3) is 2.93. The van der Waals surface area contributed by atoms with Crippen LogP contribution in [-0.2, 0) is 20.7 Å². The summed E-state index contributed by atoms with van der Waals surface area (Å²) in [5, 5.41) is 11.8. The summed E-state index contributed by atoms with van der Waals surface area (Å²) in [6.07, 6.45) is 0.419. The van der Waals surface area contributed by atoms with Crippen LogP contribution in [0.3, 0.4) is 0 Å². The molecular weight excluding hydrogens is 246 g/mol. The highest BCUT2D eigenvalue weighted by Crippen LogP contribution is 2.26. The average Bonchev–Trinajstić information content (AvgIpc) is 2.55. The summed E-state index contributed by atoms with van der Waals surface area (Å²) in [6.45, 7) is 5.19. The Balaban J connectivity index is 2.00. The lowest BCUT2D eigenvalue weighted by atomic mass is 9.99. The molecule has 2 rings (SSSR count). The SMILES string of the molecule is C=C1CC(C)(NC(=O)Cc2ccc(O)cc2)C(=O)O1. The van der Waals surface area contributed by atoms with Gasteiger partial charge >= 0.3 is 5.97 Å². The number of hydrogen-bond acceptors (Lipinski definition) is 4. The van der Waals surface area contributed by atoms with Crippen LogP contribution in [0, 0.1) is 0 Å². The number of phenols is 1. The highest BCUT2D eigenvalue weighted by atomic mass is 16.5. The third-order valence-corrected chi connectivity index (χ3v) is 2.95. The molecular formula is C14H15NO4. The quantitative estimate of drug-likeness (QED) is 0.803. The lowest BCUT2D eigenvalue weighted by Gasteiger charge is -2.20. The maximum atomic E-state index is 11.9. The molecule has 0 aromatic heterocycles. The van der Waals surface area contributed by atoms with Gasteiger partial charge in [0.2, 0.25) is 5.91 Å². The standard InChI is InChI=1S/C14H15NO4/c1-9-8-14(2,13(18)19-9)15-12(17)7-10-3-5-11(16)6-4-10/h3-6,16H,1,7-8H2,2H3,(H,15,17). The lowest BCUT2D eigenvalue weighted by molar-refractivity contribution is -0.143. The molecule has 1 amide bonds.